The van der Waals surface area contributed by atoms with Gasteiger partial charge in [0.2, 0.25) is 0 Å². The van der Waals surface area contributed by atoms with Gasteiger partial charge < -0.3 is 20.8 Å². The molecule has 1 rings (SSSR count). The molecule has 0 saturated heterocycles. The lowest BCUT2D eigenvalue weighted by atomic mass is 9.89. The van der Waals surface area contributed by atoms with Gasteiger partial charge in [-0.1, -0.05) is 19.8 Å². The molecule has 0 bridgehead atoms. The first kappa shape index (κ1) is 14.8. The smallest absolute Gasteiger partial charge is 0.337 e. The predicted molar refractivity (Wildman–Crippen MR) is 66.2 cm³/mol. The number of nitrogens with one attached hydrogen (secondary N) is 2. The molecule has 1 saturated carbocycles. The molecule has 104 valence electrons. The largest absolute Gasteiger partial charge is 0.479 e. The number of amides is 2. The first-order valence-electron chi connectivity index (χ1n) is 6.23. The van der Waals surface area contributed by atoms with E-state index in [4.69, 9.17) is 5.11 Å². The second-order valence-electron chi connectivity index (χ2n) is 5.63. The predicted octanol–water partition coefficient (Wildman–Crippen LogP) is 0.701. The van der Waals surface area contributed by atoms with E-state index >= 15 is 0 Å². The fourth-order valence-electron chi connectivity index (χ4n) is 2.09. The number of hydrogen-bond donors (Lipinski definition) is 4. The van der Waals surface area contributed by atoms with Crippen LogP contribution in [-0.4, -0.2) is 40.9 Å². The van der Waals surface area contributed by atoms with Crippen molar-refractivity contribution in [3.05, 3.63) is 0 Å². The molecule has 1 aliphatic carbocycles. The first-order chi connectivity index (χ1) is 8.25. The van der Waals surface area contributed by atoms with Crippen molar-refractivity contribution in [2.45, 2.75) is 45.1 Å². The molecule has 0 heterocycles. The molecule has 1 fully saturated rings. The van der Waals surface area contributed by atoms with Crippen LogP contribution >= 0.6 is 0 Å². The summed E-state index contributed by atoms with van der Waals surface area (Å²) >= 11 is 0. The number of carbonyl (C=O) groups is 2. The molecule has 4 N–H and O–H groups in total. The third-order valence-corrected chi connectivity index (χ3v) is 3.54. The fraction of sp³-hybridized carbons (Fsp3) is 0.833. The van der Waals surface area contributed by atoms with Crippen LogP contribution in [0.2, 0.25) is 0 Å². The maximum Gasteiger partial charge on any atom is 0.337 e. The summed E-state index contributed by atoms with van der Waals surface area (Å²) in [6.07, 6.45) is 4.57. The maximum atomic E-state index is 11.5. The summed E-state index contributed by atoms with van der Waals surface area (Å²) in [6, 6.07) is -0.440. The molecule has 2 amide bonds. The first-order valence-corrected chi connectivity index (χ1v) is 6.23. The van der Waals surface area contributed by atoms with E-state index in [1.807, 2.05) is 0 Å². The van der Waals surface area contributed by atoms with E-state index in [1.54, 1.807) is 0 Å². The highest BCUT2D eigenvalue weighted by Crippen LogP contribution is 2.36. The zero-order valence-electron chi connectivity index (χ0n) is 11.0. The average Bonchev–Trinajstić information content (AvgIpc) is 2.71. The number of aliphatic hydroxyl groups is 1. The highest BCUT2D eigenvalue weighted by molar-refractivity contribution is 5.79. The molecular weight excluding hydrogens is 236 g/mol. The minimum atomic E-state index is -1.94. The topological polar surface area (TPSA) is 98.7 Å². The number of rotatable bonds is 5. The van der Waals surface area contributed by atoms with Gasteiger partial charge in [-0.15, -0.1) is 0 Å². The summed E-state index contributed by atoms with van der Waals surface area (Å²) in [6.45, 7) is 3.54. The van der Waals surface area contributed by atoms with E-state index in [-0.39, 0.29) is 12.0 Å². The van der Waals surface area contributed by atoms with Gasteiger partial charge >= 0.3 is 12.0 Å². The molecule has 0 aromatic carbocycles. The van der Waals surface area contributed by atoms with Crippen molar-refractivity contribution in [1.82, 2.24) is 10.6 Å². The van der Waals surface area contributed by atoms with Crippen LogP contribution in [0.25, 0.3) is 0 Å². The number of carboxylic acid groups (broad SMARTS) is 1. The summed E-state index contributed by atoms with van der Waals surface area (Å²) in [5, 5.41) is 23.2. The highest BCUT2D eigenvalue weighted by Gasteiger charge is 2.31. The van der Waals surface area contributed by atoms with Gasteiger partial charge in [-0.3, -0.25) is 0 Å². The third-order valence-electron chi connectivity index (χ3n) is 3.54. The Balaban J connectivity index is 2.28. The van der Waals surface area contributed by atoms with Crippen LogP contribution in [0.15, 0.2) is 0 Å². The van der Waals surface area contributed by atoms with Gasteiger partial charge in [0.25, 0.3) is 0 Å². The number of carboxylic acids is 1. The SMILES string of the molecule is CC1(CNC(=O)NCC(C)(O)C(=O)O)CCCC1. The third kappa shape index (κ3) is 4.18. The van der Waals surface area contributed by atoms with Crippen molar-refractivity contribution in [2.24, 2.45) is 5.41 Å². The van der Waals surface area contributed by atoms with E-state index in [9.17, 15) is 14.7 Å². The zero-order chi connectivity index (χ0) is 13.8. The fourth-order valence-corrected chi connectivity index (χ4v) is 2.09. The van der Waals surface area contributed by atoms with Crippen LogP contribution in [0.3, 0.4) is 0 Å². The average molecular weight is 258 g/mol. The van der Waals surface area contributed by atoms with Gasteiger partial charge in [-0.05, 0) is 25.2 Å². The molecule has 0 radical (unpaired) electrons. The van der Waals surface area contributed by atoms with Crippen LogP contribution in [0.4, 0.5) is 4.79 Å². The Morgan fingerprint density at radius 3 is 2.33 bits per heavy atom. The normalized spacial score (nSPS) is 21.1. The number of aliphatic carboxylic acids is 1. The van der Waals surface area contributed by atoms with Crippen molar-refractivity contribution in [3.8, 4) is 0 Å². The second kappa shape index (κ2) is 5.56. The Morgan fingerprint density at radius 1 is 1.28 bits per heavy atom. The summed E-state index contributed by atoms with van der Waals surface area (Å²) in [5.74, 6) is -1.36. The monoisotopic (exact) mass is 258 g/mol. The second-order valence-corrected chi connectivity index (χ2v) is 5.63. The highest BCUT2D eigenvalue weighted by atomic mass is 16.4. The van der Waals surface area contributed by atoms with Crippen molar-refractivity contribution < 1.29 is 19.8 Å². The molecule has 0 spiro atoms. The van der Waals surface area contributed by atoms with Crippen molar-refractivity contribution in [2.75, 3.05) is 13.1 Å². The molecule has 1 unspecified atom stereocenters. The van der Waals surface area contributed by atoms with Gasteiger partial charge in [0, 0.05) is 6.54 Å². The van der Waals surface area contributed by atoms with Crippen LogP contribution in [-0.2, 0) is 4.79 Å². The summed E-state index contributed by atoms with van der Waals surface area (Å²) in [5.41, 5.74) is -1.79. The summed E-state index contributed by atoms with van der Waals surface area (Å²) in [7, 11) is 0. The molecular formula is C12H22N2O4. The van der Waals surface area contributed by atoms with E-state index in [2.05, 4.69) is 17.6 Å². The number of hydrogen-bond acceptors (Lipinski definition) is 3. The summed E-state index contributed by atoms with van der Waals surface area (Å²) < 4.78 is 0. The molecule has 18 heavy (non-hydrogen) atoms. The number of carbonyl (C=O) groups excluding carboxylic acids is 1. The van der Waals surface area contributed by atoms with Gasteiger partial charge in [0.05, 0.1) is 6.54 Å². The van der Waals surface area contributed by atoms with E-state index in [0.717, 1.165) is 19.8 Å². The molecule has 6 heteroatoms. The Bertz CT molecular complexity index is 322. The lowest BCUT2D eigenvalue weighted by Crippen LogP contribution is -2.50. The summed E-state index contributed by atoms with van der Waals surface area (Å²) in [4.78, 5) is 22.1. The quantitative estimate of drug-likeness (QED) is 0.583. The lowest BCUT2D eigenvalue weighted by molar-refractivity contribution is -0.155. The maximum absolute atomic E-state index is 11.5. The van der Waals surface area contributed by atoms with Crippen LogP contribution in [0.1, 0.15) is 39.5 Å². The van der Waals surface area contributed by atoms with Crippen molar-refractivity contribution in [3.63, 3.8) is 0 Å². The number of urea groups is 1. The minimum absolute atomic E-state index is 0.145. The molecule has 0 aromatic rings. The van der Waals surface area contributed by atoms with Crippen molar-refractivity contribution >= 4 is 12.0 Å². The van der Waals surface area contributed by atoms with Gasteiger partial charge in [-0.25, -0.2) is 9.59 Å². The molecule has 0 aliphatic heterocycles. The molecule has 1 atom stereocenters. The van der Waals surface area contributed by atoms with Crippen LogP contribution in [0.5, 0.6) is 0 Å². The lowest BCUT2D eigenvalue weighted by Gasteiger charge is -2.24. The Labute approximate surface area is 107 Å². The van der Waals surface area contributed by atoms with E-state index in [1.165, 1.54) is 12.8 Å². The van der Waals surface area contributed by atoms with Gasteiger partial charge in [0.15, 0.2) is 5.60 Å². The standard InChI is InChI=1S/C12H22N2O4/c1-11(5-3-4-6-11)7-13-10(17)14-8-12(2,18)9(15)16/h18H,3-8H2,1-2H3,(H,15,16)(H2,13,14,17). The minimum Gasteiger partial charge on any atom is -0.479 e. The van der Waals surface area contributed by atoms with E-state index < -0.39 is 17.6 Å². The zero-order valence-corrected chi connectivity index (χ0v) is 11.0. The molecule has 1 aliphatic rings. The Hall–Kier alpha value is -1.30. The van der Waals surface area contributed by atoms with E-state index in [0.29, 0.717) is 6.54 Å². The van der Waals surface area contributed by atoms with Gasteiger partial charge in [0.1, 0.15) is 0 Å². The molecule has 0 aromatic heterocycles. The van der Waals surface area contributed by atoms with Crippen LogP contribution < -0.4 is 10.6 Å². The van der Waals surface area contributed by atoms with Gasteiger partial charge in [-0.2, -0.15) is 0 Å². The Morgan fingerprint density at radius 2 is 1.83 bits per heavy atom. The van der Waals surface area contributed by atoms with Crippen LogP contribution in [0, 0.1) is 5.41 Å². The van der Waals surface area contributed by atoms with Crippen molar-refractivity contribution in [1.29, 1.82) is 0 Å². The molecule has 6 nitrogen and oxygen atoms in total. The Kier molecular flexibility index (Phi) is 4.56.